The first-order valence-corrected chi connectivity index (χ1v) is 13.7. The molecule has 0 saturated heterocycles. The Balaban J connectivity index is 2.89. The number of rotatable bonds is 18. The minimum Gasteiger partial charge on any atom is -0.480 e. The lowest BCUT2D eigenvalue weighted by molar-refractivity contribution is -0.142. The van der Waals surface area contributed by atoms with Gasteiger partial charge in [-0.2, -0.15) is 11.8 Å². The van der Waals surface area contributed by atoms with Gasteiger partial charge in [-0.3, -0.25) is 19.4 Å². The first kappa shape index (κ1) is 32.7. The third kappa shape index (κ3) is 12.8. The maximum Gasteiger partial charge on any atom is 0.326 e. The molecule has 0 fully saturated rings. The minimum absolute atomic E-state index is 0.0509. The number of hydrogen-bond acceptors (Lipinski definition) is 8. The number of hydrogen-bond donors (Lipinski definition) is 8. The number of carbonyl (C=O) groups is 4. The van der Waals surface area contributed by atoms with Gasteiger partial charge in [0.05, 0.1) is 12.4 Å². The predicted molar refractivity (Wildman–Crippen MR) is 146 cm³/mol. The van der Waals surface area contributed by atoms with Gasteiger partial charge in [-0.15, -0.1) is 0 Å². The Morgan fingerprint density at radius 3 is 2.24 bits per heavy atom. The van der Waals surface area contributed by atoms with Crippen LogP contribution in [0.4, 0.5) is 0 Å². The molecule has 0 bridgehead atoms. The van der Waals surface area contributed by atoms with Crippen LogP contribution in [-0.4, -0.2) is 87.4 Å². The fourth-order valence-electron chi connectivity index (χ4n) is 3.52. The molecule has 214 valence electrons. The van der Waals surface area contributed by atoms with Crippen LogP contribution >= 0.6 is 11.8 Å². The normalized spacial score (nSPS) is 14.1. The van der Waals surface area contributed by atoms with Gasteiger partial charge in [0.1, 0.15) is 18.1 Å². The molecule has 0 aliphatic heterocycles. The summed E-state index contributed by atoms with van der Waals surface area (Å²) >= 11 is 1.47. The monoisotopic (exact) mass is 555 g/mol. The van der Waals surface area contributed by atoms with Crippen molar-refractivity contribution in [2.24, 2.45) is 28.1 Å². The van der Waals surface area contributed by atoms with E-state index < -0.39 is 47.9 Å². The average Bonchev–Trinajstić information content (AvgIpc) is 3.35. The first-order valence-electron chi connectivity index (χ1n) is 12.4. The second-order valence-corrected chi connectivity index (χ2v) is 10.3. The lowest BCUT2D eigenvalue weighted by atomic mass is 10.0. The number of carbonyl (C=O) groups excluding carboxylic acids is 3. The lowest BCUT2D eigenvalue weighted by Crippen LogP contribution is -2.57. The highest BCUT2D eigenvalue weighted by Crippen LogP contribution is 2.09. The second kappa shape index (κ2) is 17.2. The number of aliphatic imine (C=N–C) groups is 1. The molecule has 4 unspecified atom stereocenters. The van der Waals surface area contributed by atoms with Crippen LogP contribution in [0, 0.1) is 5.92 Å². The summed E-state index contributed by atoms with van der Waals surface area (Å²) in [5.41, 5.74) is 17.2. The number of nitrogens with zero attached hydrogens (tertiary/aromatic N) is 2. The van der Waals surface area contributed by atoms with Crippen molar-refractivity contribution >= 4 is 41.4 Å². The number of thioether (sulfide) groups is 1. The van der Waals surface area contributed by atoms with Crippen molar-refractivity contribution in [2.45, 2.75) is 70.1 Å². The molecule has 0 aliphatic rings. The highest BCUT2D eigenvalue weighted by atomic mass is 32.2. The molecule has 0 aliphatic carbocycles. The van der Waals surface area contributed by atoms with Gasteiger partial charge < -0.3 is 43.2 Å². The number of aliphatic carboxylic acids is 1. The summed E-state index contributed by atoms with van der Waals surface area (Å²) < 4.78 is 0. The van der Waals surface area contributed by atoms with E-state index in [1.165, 1.54) is 18.1 Å². The average molecular weight is 556 g/mol. The van der Waals surface area contributed by atoms with E-state index in [0.717, 1.165) is 0 Å². The number of carboxylic acids is 1. The van der Waals surface area contributed by atoms with Gasteiger partial charge in [0.2, 0.25) is 17.7 Å². The standard InChI is InChI=1S/C23H41N9O5S/c1-13(2)9-18(32-19(33)15(24)10-14-11-27-12-29-14)21(35)30-16(6-8-38-3)20(34)31-17(22(36)37)5-4-7-28-23(25)26/h11-13,15-18H,4-10,24H2,1-3H3,(H,27,29)(H,30,35)(H,31,34)(H,32,33)(H,36,37)(H4,25,26,28). The first-order chi connectivity index (χ1) is 17.9. The number of imidazole rings is 1. The van der Waals surface area contributed by atoms with E-state index >= 15 is 0 Å². The van der Waals surface area contributed by atoms with Crippen molar-refractivity contribution in [1.29, 1.82) is 0 Å². The molecule has 1 aromatic rings. The Hall–Kier alpha value is -3.33. The van der Waals surface area contributed by atoms with Crippen molar-refractivity contribution < 1.29 is 24.3 Å². The molecule has 4 atom stereocenters. The summed E-state index contributed by atoms with van der Waals surface area (Å²) in [5, 5.41) is 17.4. The van der Waals surface area contributed by atoms with E-state index in [2.05, 4.69) is 30.9 Å². The largest absolute Gasteiger partial charge is 0.480 e. The van der Waals surface area contributed by atoms with E-state index in [-0.39, 0.29) is 37.7 Å². The zero-order valence-corrected chi connectivity index (χ0v) is 22.9. The van der Waals surface area contributed by atoms with Gasteiger partial charge in [0.15, 0.2) is 5.96 Å². The number of aromatic amines is 1. The molecule has 1 aromatic heterocycles. The molecule has 14 nitrogen and oxygen atoms in total. The quantitative estimate of drug-likeness (QED) is 0.0602. The highest BCUT2D eigenvalue weighted by molar-refractivity contribution is 7.98. The Morgan fingerprint density at radius 1 is 1.05 bits per heavy atom. The molecule has 11 N–H and O–H groups in total. The van der Waals surface area contributed by atoms with Crippen LogP contribution in [0.2, 0.25) is 0 Å². The Kier molecular flexibility index (Phi) is 14.8. The smallest absolute Gasteiger partial charge is 0.326 e. The van der Waals surface area contributed by atoms with Crippen LogP contribution < -0.4 is 33.2 Å². The summed E-state index contributed by atoms with van der Waals surface area (Å²) in [6.45, 7) is 4.01. The van der Waals surface area contributed by atoms with Crippen molar-refractivity contribution in [3.05, 3.63) is 18.2 Å². The van der Waals surface area contributed by atoms with Crippen molar-refractivity contribution in [2.75, 3.05) is 18.6 Å². The van der Waals surface area contributed by atoms with Crippen LogP contribution in [0.25, 0.3) is 0 Å². The summed E-state index contributed by atoms with van der Waals surface area (Å²) in [5.74, 6) is -2.43. The molecule has 3 amide bonds. The molecule has 0 aromatic carbocycles. The van der Waals surface area contributed by atoms with Gasteiger partial charge in [0, 0.05) is 24.9 Å². The van der Waals surface area contributed by atoms with E-state index in [9.17, 15) is 24.3 Å². The number of aromatic nitrogens is 2. The summed E-state index contributed by atoms with van der Waals surface area (Å²) in [6.07, 6.45) is 6.11. The molecular formula is C23H41N9O5S. The molecule has 1 heterocycles. The summed E-state index contributed by atoms with van der Waals surface area (Å²) in [7, 11) is 0. The maximum atomic E-state index is 13.2. The number of carboxylic acid groups (broad SMARTS) is 1. The van der Waals surface area contributed by atoms with E-state index in [0.29, 0.717) is 24.3 Å². The van der Waals surface area contributed by atoms with Gasteiger partial charge in [0.25, 0.3) is 0 Å². The zero-order valence-electron chi connectivity index (χ0n) is 22.1. The maximum absolute atomic E-state index is 13.2. The second-order valence-electron chi connectivity index (χ2n) is 9.27. The van der Waals surface area contributed by atoms with Gasteiger partial charge in [-0.25, -0.2) is 9.78 Å². The molecule has 0 spiro atoms. The van der Waals surface area contributed by atoms with Crippen molar-refractivity contribution in [3.8, 4) is 0 Å². The fourth-order valence-corrected chi connectivity index (χ4v) is 3.99. The van der Waals surface area contributed by atoms with Gasteiger partial charge in [-0.1, -0.05) is 13.8 Å². The predicted octanol–water partition coefficient (Wildman–Crippen LogP) is -1.33. The SMILES string of the molecule is CSCCC(NC(=O)C(CC(C)C)NC(=O)C(N)Cc1cnc[nH]1)C(=O)NC(CCCN=C(N)N)C(=O)O. The fraction of sp³-hybridized carbons (Fsp3) is 0.652. The van der Waals surface area contributed by atoms with Crippen molar-refractivity contribution in [1.82, 2.24) is 25.9 Å². The Morgan fingerprint density at radius 2 is 1.68 bits per heavy atom. The van der Waals surface area contributed by atoms with Crippen LogP contribution in [0.1, 0.15) is 45.2 Å². The van der Waals surface area contributed by atoms with Crippen LogP contribution in [0.5, 0.6) is 0 Å². The molecule has 38 heavy (non-hydrogen) atoms. The molecule has 0 saturated carbocycles. The van der Waals surface area contributed by atoms with E-state index in [4.69, 9.17) is 17.2 Å². The molecule has 0 radical (unpaired) electrons. The van der Waals surface area contributed by atoms with Crippen LogP contribution in [0.3, 0.4) is 0 Å². The summed E-state index contributed by atoms with van der Waals surface area (Å²) in [4.78, 5) is 61.2. The number of guanidine groups is 1. The molecule has 15 heteroatoms. The third-order valence-corrected chi connectivity index (χ3v) is 6.12. The third-order valence-electron chi connectivity index (χ3n) is 5.48. The molecule has 1 rings (SSSR count). The number of amides is 3. The van der Waals surface area contributed by atoms with E-state index in [1.807, 2.05) is 20.1 Å². The number of H-pyrrole nitrogens is 1. The minimum atomic E-state index is -1.21. The van der Waals surface area contributed by atoms with Crippen molar-refractivity contribution in [3.63, 3.8) is 0 Å². The van der Waals surface area contributed by atoms with Crippen LogP contribution in [0.15, 0.2) is 17.5 Å². The topological polar surface area (TPSA) is 244 Å². The lowest BCUT2D eigenvalue weighted by Gasteiger charge is -2.26. The molecular weight excluding hydrogens is 514 g/mol. The Bertz CT molecular complexity index is 922. The number of nitrogens with one attached hydrogen (secondary N) is 4. The van der Waals surface area contributed by atoms with Crippen LogP contribution in [-0.2, 0) is 25.6 Å². The zero-order chi connectivity index (χ0) is 28.7. The Labute approximate surface area is 226 Å². The summed E-state index contributed by atoms with van der Waals surface area (Å²) in [6, 6.07) is -4.03. The van der Waals surface area contributed by atoms with Gasteiger partial charge >= 0.3 is 5.97 Å². The highest BCUT2D eigenvalue weighted by Gasteiger charge is 2.30. The van der Waals surface area contributed by atoms with E-state index in [1.54, 1.807) is 6.20 Å². The number of nitrogens with two attached hydrogens (primary N) is 3. The van der Waals surface area contributed by atoms with Gasteiger partial charge in [-0.05, 0) is 43.6 Å².